The molecule has 0 aromatic carbocycles. The number of ether oxygens (including phenoxy) is 1. The number of nitrogens with zero attached hydrogens (tertiary/aromatic N) is 3. The Labute approximate surface area is 106 Å². The maximum absolute atomic E-state index is 12.1. The van der Waals surface area contributed by atoms with Crippen LogP contribution in [-0.2, 0) is 21.5 Å². The lowest BCUT2D eigenvalue weighted by Crippen LogP contribution is -2.51. The highest BCUT2D eigenvalue weighted by Crippen LogP contribution is 2.13. The molecule has 0 saturated carbocycles. The lowest BCUT2D eigenvalue weighted by atomic mass is 10.3. The monoisotopic (exact) mass is 275 g/mol. The first-order valence-electron chi connectivity index (χ1n) is 5.72. The summed E-state index contributed by atoms with van der Waals surface area (Å²) in [4.78, 5) is 3.86. The molecule has 1 aliphatic rings. The summed E-state index contributed by atoms with van der Waals surface area (Å²) >= 11 is 0. The summed E-state index contributed by atoms with van der Waals surface area (Å²) < 4.78 is 33.5. The van der Waals surface area contributed by atoms with E-state index in [0.29, 0.717) is 18.9 Å². The molecule has 2 heterocycles. The fourth-order valence-corrected chi connectivity index (χ4v) is 3.21. The summed E-state index contributed by atoms with van der Waals surface area (Å²) in [6.45, 7) is 4.53. The molecule has 9 heteroatoms. The zero-order valence-corrected chi connectivity index (χ0v) is 11.1. The van der Waals surface area contributed by atoms with E-state index in [4.69, 9.17) is 4.74 Å². The first kappa shape index (κ1) is 13.4. The topological polar surface area (TPSA) is 100 Å². The minimum Gasteiger partial charge on any atom is -0.373 e. The molecule has 2 rings (SSSR count). The van der Waals surface area contributed by atoms with Crippen molar-refractivity contribution in [2.24, 2.45) is 0 Å². The second-order valence-electron chi connectivity index (χ2n) is 4.33. The van der Waals surface area contributed by atoms with E-state index in [1.54, 1.807) is 0 Å². The molecule has 1 saturated heterocycles. The summed E-state index contributed by atoms with van der Waals surface area (Å²) in [6, 6.07) is 0. The quantitative estimate of drug-likeness (QED) is 0.753. The first-order chi connectivity index (χ1) is 8.47. The zero-order chi connectivity index (χ0) is 13.2. The number of H-pyrrole nitrogens is 1. The summed E-state index contributed by atoms with van der Waals surface area (Å²) in [6.07, 6.45) is 1.13. The minimum absolute atomic E-state index is 0.0997. The van der Waals surface area contributed by atoms with Gasteiger partial charge >= 0.3 is 0 Å². The van der Waals surface area contributed by atoms with Gasteiger partial charge in [0.05, 0.1) is 18.8 Å². The highest BCUT2D eigenvalue weighted by Gasteiger charge is 2.30. The Kier molecular flexibility index (Phi) is 3.95. The van der Waals surface area contributed by atoms with E-state index in [0.717, 1.165) is 0 Å². The fourth-order valence-electron chi connectivity index (χ4n) is 1.89. The fraction of sp³-hybridized carbons (Fsp3) is 0.778. The average Bonchev–Trinajstić information content (AvgIpc) is 2.78. The van der Waals surface area contributed by atoms with E-state index in [9.17, 15) is 8.42 Å². The molecule has 102 valence electrons. The van der Waals surface area contributed by atoms with Gasteiger partial charge in [-0.3, -0.25) is 5.10 Å². The van der Waals surface area contributed by atoms with Gasteiger partial charge in [-0.15, -0.1) is 0 Å². The van der Waals surface area contributed by atoms with Gasteiger partial charge in [0.15, 0.2) is 0 Å². The minimum atomic E-state index is -3.51. The molecular formula is C9H17N5O3S. The van der Waals surface area contributed by atoms with Crippen LogP contribution < -0.4 is 4.72 Å². The normalized spacial score (nSPS) is 26.3. The van der Waals surface area contributed by atoms with Crippen molar-refractivity contribution in [3.63, 3.8) is 0 Å². The van der Waals surface area contributed by atoms with E-state index in [1.807, 2.05) is 13.8 Å². The third-order valence-corrected chi connectivity index (χ3v) is 4.10. The third kappa shape index (κ3) is 3.25. The molecule has 2 atom stereocenters. The highest BCUT2D eigenvalue weighted by molar-refractivity contribution is 7.87. The van der Waals surface area contributed by atoms with Crippen LogP contribution in [0.1, 0.15) is 19.7 Å². The van der Waals surface area contributed by atoms with Crippen LogP contribution in [0.15, 0.2) is 6.33 Å². The highest BCUT2D eigenvalue weighted by atomic mass is 32.2. The van der Waals surface area contributed by atoms with Gasteiger partial charge in [-0.05, 0) is 13.8 Å². The summed E-state index contributed by atoms with van der Waals surface area (Å²) in [5.41, 5.74) is 0. The van der Waals surface area contributed by atoms with Gasteiger partial charge in [-0.25, -0.2) is 4.98 Å². The maximum Gasteiger partial charge on any atom is 0.280 e. The molecule has 0 aliphatic carbocycles. The number of rotatable bonds is 4. The van der Waals surface area contributed by atoms with Gasteiger partial charge in [0.25, 0.3) is 10.2 Å². The standard InChI is InChI=1S/C9H17N5O3S/c1-7-4-14(5-8(2)17-7)18(15,16)12-3-9-10-6-11-13-9/h6-8,12H,3-5H2,1-2H3,(H,10,11,13). The predicted molar refractivity (Wildman–Crippen MR) is 63.7 cm³/mol. The van der Waals surface area contributed by atoms with Crippen LogP contribution in [-0.4, -0.2) is 53.2 Å². The molecule has 0 amide bonds. The van der Waals surface area contributed by atoms with Crippen LogP contribution in [0.3, 0.4) is 0 Å². The number of aromatic nitrogens is 3. The predicted octanol–water partition coefficient (Wildman–Crippen LogP) is -0.752. The van der Waals surface area contributed by atoms with Crippen molar-refractivity contribution >= 4 is 10.2 Å². The molecule has 1 aliphatic heterocycles. The van der Waals surface area contributed by atoms with E-state index < -0.39 is 10.2 Å². The summed E-state index contributed by atoms with van der Waals surface area (Å²) in [5.74, 6) is 0.480. The summed E-state index contributed by atoms with van der Waals surface area (Å²) in [7, 11) is -3.51. The Bertz CT molecular complexity index is 464. The van der Waals surface area contributed by atoms with Crippen molar-refractivity contribution in [2.75, 3.05) is 13.1 Å². The third-order valence-electron chi connectivity index (χ3n) is 2.61. The Morgan fingerprint density at radius 3 is 2.72 bits per heavy atom. The Balaban J connectivity index is 1.97. The van der Waals surface area contributed by atoms with Gasteiger partial charge in [-0.2, -0.15) is 22.5 Å². The Morgan fingerprint density at radius 1 is 1.50 bits per heavy atom. The van der Waals surface area contributed by atoms with Crippen molar-refractivity contribution < 1.29 is 13.2 Å². The number of nitrogens with one attached hydrogen (secondary N) is 2. The van der Waals surface area contributed by atoms with Crippen LogP contribution in [0.5, 0.6) is 0 Å². The number of hydrogen-bond acceptors (Lipinski definition) is 5. The van der Waals surface area contributed by atoms with Crippen molar-refractivity contribution in [3.8, 4) is 0 Å². The molecule has 0 spiro atoms. The number of aromatic amines is 1. The van der Waals surface area contributed by atoms with Crippen molar-refractivity contribution in [1.29, 1.82) is 0 Å². The molecule has 18 heavy (non-hydrogen) atoms. The number of morpholine rings is 1. The van der Waals surface area contributed by atoms with E-state index in [1.165, 1.54) is 10.6 Å². The van der Waals surface area contributed by atoms with Crippen molar-refractivity contribution in [2.45, 2.75) is 32.6 Å². The molecule has 0 radical (unpaired) electrons. The van der Waals surface area contributed by atoms with Gasteiger partial charge in [0.2, 0.25) is 0 Å². The molecule has 2 unspecified atom stereocenters. The molecule has 1 aromatic heterocycles. The zero-order valence-electron chi connectivity index (χ0n) is 10.3. The largest absolute Gasteiger partial charge is 0.373 e. The van der Waals surface area contributed by atoms with Crippen LogP contribution >= 0.6 is 0 Å². The Hall–Kier alpha value is -1.03. The Morgan fingerprint density at radius 2 is 2.17 bits per heavy atom. The lowest BCUT2D eigenvalue weighted by Gasteiger charge is -2.34. The van der Waals surface area contributed by atoms with Gasteiger partial charge in [0, 0.05) is 13.1 Å². The van der Waals surface area contributed by atoms with Crippen LogP contribution in [0.25, 0.3) is 0 Å². The SMILES string of the molecule is CC1CN(S(=O)(=O)NCc2ncn[nH]2)CC(C)O1. The molecule has 0 bridgehead atoms. The van der Waals surface area contributed by atoms with Crippen LogP contribution in [0.2, 0.25) is 0 Å². The van der Waals surface area contributed by atoms with E-state index >= 15 is 0 Å². The summed E-state index contributed by atoms with van der Waals surface area (Å²) in [5, 5.41) is 6.25. The maximum atomic E-state index is 12.1. The van der Waals surface area contributed by atoms with E-state index in [2.05, 4.69) is 19.9 Å². The smallest absolute Gasteiger partial charge is 0.280 e. The lowest BCUT2D eigenvalue weighted by molar-refractivity contribution is -0.0444. The second-order valence-corrected chi connectivity index (χ2v) is 6.09. The van der Waals surface area contributed by atoms with Crippen LogP contribution in [0, 0.1) is 0 Å². The van der Waals surface area contributed by atoms with Crippen molar-refractivity contribution in [3.05, 3.63) is 12.2 Å². The van der Waals surface area contributed by atoms with Crippen molar-refractivity contribution in [1.82, 2.24) is 24.2 Å². The van der Waals surface area contributed by atoms with Crippen LogP contribution in [0.4, 0.5) is 0 Å². The molecule has 1 aromatic rings. The van der Waals surface area contributed by atoms with E-state index in [-0.39, 0.29) is 18.8 Å². The molecule has 8 nitrogen and oxygen atoms in total. The molecule has 2 N–H and O–H groups in total. The van der Waals surface area contributed by atoms with Gasteiger partial charge < -0.3 is 4.74 Å². The second kappa shape index (κ2) is 5.31. The molecular weight excluding hydrogens is 258 g/mol. The number of hydrogen-bond donors (Lipinski definition) is 2. The van der Waals surface area contributed by atoms with Gasteiger partial charge in [-0.1, -0.05) is 0 Å². The molecule has 1 fully saturated rings. The van der Waals surface area contributed by atoms with Gasteiger partial charge in [0.1, 0.15) is 12.2 Å². The average molecular weight is 275 g/mol. The first-order valence-corrected chi connectivity index (χ1v) is 7.16.